The number of alkyl halides is 3. The SMILES string of the molecule is CCC1(CCNC(=O)[C@H](NC(=O)c2cc(C(F)(F)F)ccc2F)C(C)C)C(=O)N(C)C(=O)N1Cc1ccc2nc(C)oc2c1. The van der Waals surface area contributed by atoms with Crippen LogP contribution in [-0.4, -0.2) is 63.7 Å². The average Bonchev–Trinajstić information content (AvgIpc) is 3.41. The lowest BCUT2D eigenvalue weighted by molar-refractivity contribution is -0.137. The van der Waals surface area contributed by atoms with Crippen LogP contribution in [-0.2, 0) is 22.3 Å². The molecule has 1 aliphatic rings. The number of imide groups is 1. The third kappa shape index (κ3) is 6.24. The van der Waals surface area contributed by atoms with Gasteiger partial charge in [0.15, 0.2) is 11.5 Å². The van der Waals surface area contributed by atoms with Crippen molar-refractivity contribution < 1.29 is 41.2 Å². The second-order valence-electron chi connectivity index (χ2n) is 11.1. The first-order valence-corrected chi connectivity index (χ1v) is 14.0. The summed E-state index contributed by atoms with van der Waals surface area (Å²) in [6, 6.07) is 5.00. The van der Waals surface area contributed by atoms with E-state index in [1.54, 1.807) is 45.9 Å². The van der Waals surface area contributed by atoms with Gasteiger partial charge in [-0.15, -0.1) is 0 Å². The maximum Gasteiger partial charge on any atom is 0.416 e. The van der Waals surface area contributed by atoms with Crippen LogP contribution in [0.1, 0.15) is 61.0 Å². The zero-order chi connectivity index (χ0) is 32.6. The highest BCUT2D eigenvalue weighted by Gasteiger charge is 2.54. The molecule has 2 N–H and O–H groups in total. The van der Waals surface area contributed by atoms with Gasteiger partial charge in [0, 0.05) is 27.1 Å². The number of urea groups is 1. The molecule has 1 aliphatic heterocycles. The lowest BCUT2D eigenvalue weighted by atomic mass is 9.89. The van der Waals surface area contributed by atoms with Crippen molar-refractivity contribution in [2.24, 2.45) is 5.92 Å². The molecule has 236 valence electrons. The Morgan fingerprint density at radius 3 is 2.45 bits per heavy atom. The number of hydrogen-bond acceptors (Lipinski definition) is 6. The van der Waals surface area contributed by atoms with Crippen molar-refractivity contribution in [3.63, 3.8) is 0 Å². The van der Waals surface area contributed by atoms with Gasteiger partial charge in [-0.2, -0.15) is 13.2 Å². The largest absolute Gasteiger partial charge is 0.441 e. The Kier molecular flexibility index (Phi) is 9.03. The topological polar surface area (TPSA) is 125 Å². The number of nitrogens with zero attached hydrogens (tertiary/aromatic N) is 3. The van der Waals surface area contributed by atoms with Crippen molar-refractivity contribution in [2.75, 3.05) is 13.6 Å². The zero-order valence-corrected chi connectivity index (χ0v) is 24.8. The monoisotopic (exact) mass is 619 g/mol. The van der Waals surface area contributed by atoms with Crippen LogP contribution < -0.4 is 10.6 Å². The van der Waals surface area contributed by atoms with E-state index in [0.29, 0.717) is 40.8 Å². The van der Waals surface area contributed by atoms with Crippen molar-refractivity contribution in [1.29, 1.82) is 0 Å². The van der Waals surface area contributed by atoms with Crippen molar-refractivity contribution in [3.05, 3.63) is 64.8 Å². The quantitative estimate of drug-likeness (QED) is 0.248. The van der Waals surface area contributed by atoms with E-state index in [1.165, 1.54) is 11.9 Å². The number of carbonyl (C=O) groups excluding carboxylic acids is 4. The van der Waals surface area contributed by atoms with Gasteiger partial charge < -0.3 is 20.0 Å². The number of halogens is 4. The molecular formula is C30H33F4N5O5. The number of rotatable bonds is 10. The minimum Gasteiger partial charge on any atom is -0.441 e. The lowest BCUT2D eigenvalue weighted by Gasteiger charge is -2.35. The zero-order valence-electron chi connectivity index (χ0n) is 24.8. The minimum atomic E-state index is -4.80. The lowest BCUT2D eigenvalue weighted by Crippen LogP contribution is -2.53. The third-order valence-corrected chi connectivity index (χ3v) is 7.83. The number of hydrogen-bond donors (Lipinski definition) is 2. The number of oxazole rings is 1. The molecule has 1 aromatic heterocycles. The predicted molar refractivity (Wildman–Crippen MR) is 151 cm³/mol. The normalized spacial score (nSPS) is 18.0. The van der Waals surface area contributed by atoms with E-state index < -0.39 is 64.4 Å². The molecule has 0 radical (unpaired) electrons. The smallest absolute Gasteiger partial charge is 0.416 e. The molecule has 0 bridgehead atoms. The number of aryl methyl sites for hydroxylation is 1. The van der Waals surface area contributed by atoms with Crippen molar-refractivity contribution in [2.45, 2.75) is 64.8 Å². The van der Waals surface area contributed by atoms with Crippen LogP contribution in [0, 0.1) is 18.7 Å². The molecule has 14 heteroatoms. The van der Waals surface area contributed by atoms with Gasteiger partial charge in [0.25, 0.3) is 11.8 Å². The Morgan fingerprint density at radius 1 is 1.11 bits per heavy atom. The van der Waals surface area contributed by atoms with Crippen LogP contribution in [0.15, 0.2) is 40.8 Å². The van der Waals surface area contributed by atoms with E-state index in [0.717, 1.165) is 4.90 Å². The Morgan fingerprint density at radius 2 is 1.82 bits per heavy atom. The Bertz CT molecular complexity index is 1600. The summed E-state index contributed by atoms with van der Waals surface area (Å²) in [5.41, 5.74) is -1.46. The van der Waals surface area contributed by atoms with E-state index in [1.807, 2.05) is 0 Å². The maximum absolute atomic E-state index is 14.3. The average molecular weight is 620 g/mol. The predicted octanol–water partition coefficient (Wildman–Crippen LogP) is 4.80. The van der Waals surface area contributed by atoms with Gasteiger partial charge in [-0.1, -0.05) is 26.8 Å². The molecule has 1 unspecified atom stereocenters. The third-order valence-electron chi connectivity index (χ3n) is 7.83. The fourth-order valence-electron chi connectivity index (χ4n) is 5.36. The van der Waals surface area contributed by atoms with Crippen molar-refractivity contribution >= 4 is 34.9 Å². The molecule has 2 heterocycles. The molecule has 1 saturated heterocycles. The summed E-state index contributed by atoms with van der Waals surface area (Å²) in [4.78, 5) is 59.2. The van der Waals surface area contributed by atoms with E-state index in [9.17, 15) is 36.7 Å². The molecule has 2 aromatic carbocycles. The highest BCUT2D eigenvalue weighted by molar-refractivity contribution is 6.06. The number of amides is 5. The number of benzene rings is 2. The molecular weight excluding hydrogens is 586 g/mol. The highest BCUT2D eigenvalue weighted by atomic mass is 19.4. The minimum absolute atomic E-state index is 0.0365. The fraction of sp³-hybridized carbons (Fsp3) is 0.433. The summed E-state index contributed by atoms with van der Waals surface area (Å²) in [5.74, 6) is -3.52. The second kappa shape index (κ2) is 12.2. The molecule has 0 saturated carbocycles. The Labute approximate surface area is 250 Å². The summed E-state index contributed by atoms with van der Waals surface area (Å²) in [6.07, 6.45) is -4.52. The standard InChI is InChI=1S/C30H33F4N5O5/c1-6-29(27(42)38(5)28(43)39(29)15-18-7-10-22-23(13-18)44-17(4)36-22)11-12-35-26(41)24(16(2)3)37-25(40)20-14-19(30(32,33)34)8-9-21(20)31/h7-10,13-14,16,24H,6,11-12,15H2,1-5H3,(H,35,41)(H,37,40)/t24-,29?/m1/s1. The number of carbonyl (C=O) groups is 4. The molecule has 0 aliphatic carbocycles. The maximum atomic E-state index is 14.3. The number of nitrogens with one attached hydrogen (secondary N) is 2. The summed E-state index contributed by atoms with van der Waals surface area (Å²) in [5, 5.41) is 4.98. The molecule has 1 fully saturated rings. The van der Waals surface area contributed by atoms with Gasteiger partial charge >= 0.3 is 12.2 Å². The molecule has 10 nitrogen and oxygen atoms in total. The molecule has 3 aromatic rings. The van der Waals surface area contributed by atoms with Crippen molar-refractivity contribution in [1.82, 2.24) is 25.4 Å². The second-order valence-corrected chi connectivity index (χ2v) is 11.1. The molecule has 0 spiro atoms. The highest BCUT2D eigenvalue weighted by Crippen LogP contribution is 2.35. The van der Waals surface area contributed by atoms with Crippen molar-refractivity contribution in [3.8, 4) is 0 Å². The van der Waals surface area contributed by atoms with E-state index in [4.69, 9.17) is 4.42 Å². The van der Waals surface area contributed by atoms with E-state index >= 15 is 0 Å². The Hall–Kier alpha value is -4.49. The Balaban J connectivity index is 1.48. The fourth-order valence-corrected chi connectivity index (χ4v) is 5.36. The van der Waals surface area contributed by atoms with Gasteiger partial charge in [0.05, 0.1) is 11.1 Å². The van der Waals surface area contributed by atoms with E-state index in [-0.39, 0.29) is 25.9 Å². The van der Waals surface area contributed by atoms with Crippen LogP contribution >= 0.6 is 0 Å². The van der Waals surface area contributed by atoms with Crippen LogP contribution in [0.3, 0.4) is 0 Å². The van der Waals surface area contributed by atoms with Crippen LogP contribution in [0.4, 0.5) is 22.4 Å². The molecule has 44 heavy (non-hydrogen) atoms. The molecule has 5 amide bonds. The van der Waals surface area contributed by atoms with Crippen LogP contribution in [0.25, 0.3) is 11.1 Å². The first-order valence-electron chi connectivity index (χ1n) is 14.0. The van der Waals surface area contributed by atoms with Gasteiger partial charge in [0.2, 0.25) is 5.91 Å². The van der Waals surface area contributed by atoms with E-state index in [2.05, 4.69) is 15.6 Å². The van der Waals surface area contributed by atoms with Gasteiger partial charge in [-0.25, -0.2) is 14.2 Å². The first kappa shape index (κ1) is 32.4. The van der Waals surface area contributed by atoms with Gasteiger partial charge in [-0.05, 0) is 54.7 Å². The van der Waals surface area contributed by atoms with Crippen LogP contribution in [0.5, 0.6) is 0 Å². The van der Waals surface area contributed by atoms with Crippen LogP contribution in [0.2, 0.25) is 0 Å². The van der Waals surface area contributed by atoms with Gasteiger partial charge in [0.1, 0.15) is 22.9 Å². The van der Waals surface area contributed by atoms with Gasteiger partial charge in [-0.3, -0.25) is 19.3 Å². The first-order chi connectivity index (χ1) is 20.6. The molecule has 4 rings (SSSR count). The number of likely N-dealkylation sites (N-methyl/N-ethyl adjacent to an activating group) is 1. The summed E-state index contributed by atoms with van der Waals surface area (Å²) in [6.45, 7) is 6.68. The number of aromatic nitrogens is 1. The number of fused-ring (bicyclic) bond motifs is 1. The summed E-state index contributed by atoms with van der Waals surface area (Å²) in [7, 11) is 1.38. The summed E-state index contributed by atoms with van der Waals surface area (Å²) < 4.78 is 59.2. The molecule has 2 atom stereocenters. The summed E-state index contributed by atoms with van der Waals surface area (Å²) >= 11 is 0.